The Morgan fingerprint density at radius 2 is 1.92 bits per heavy atom. The van der Waals surface area contributed by atoms with E-state index in [-0.39, 0.29) is 11.6 Å². The highest BCUT2D eigenvalue weighted by molar-refractivity contribution is 9.10. The fourth-order valence-corrected chi connectivity index (χ4v) is 2.73. The van der Waals surface area contributed by atoms with Crippen molar-refractivity contribution in [1.82, 2.24) is 9.80 Å². The second kappa shape index (κ2) is 11.1. The molecule has 0 saturated carbocycles. The highest BCUT2D eigenvalue weighted by Crippen LogP contribution is 2.28. The Balaban J connectivity index is 0.000000777. The van der Waals surface area contributed by atoms with Crippen molar-refractivity contribution in [2.45, 2.75) is 12.5 Å². The van der Waals surface area contributed by atoms with Crippen molar-refractivity contribution in [2.24, 2.45) is 0 Å². The lowest BCUT2D eigenvalue weighted by molar-refractivity contribution is -0.159. The number of halogens is 1. The minimum absolute atomic E-state index is 0. The number of rotatable bonds is 3. The monoisotopic (exact) mass is 450 g/mol. The van der Waals surface area contributed by atoms with E-state index < -0.39 is 11.9 Å². The molecule has 0 aromatic heterocycles. The SMILES string of the molecule is CN(C)CCC1CN(C)C(=S)c2cc(Br)ccc2O1.O.O=C(O)C(=O)O. The van der Waals surface area contributed by atoms with Crippen molar-refractivity contribution < 1.29 is 30.0 Å². The molecule has 1 unspecified atom stereocenters. The van der Waals surface area contributed by atoms with Crippen molar-refractivity contribution in [2.75, 3.05) is 34.2 Å². The van der Waals surface area contributed by atoms with Gasteiger partial charge in [-0.15, -0.1) is 0 Å². The van der Waals surface area contributed by atoms with Gasteiger partial charge in [0, 0.05) is 18.1 Å². The van der Waals surface area contributed by atoms with Crippen LogP contribution in [0, 0.1) is 0 Å². The van der Waals surface area contributed by atoms with Gasteiger partial charge in [-0.25, -0.2) is 9.59 Å². The van der Waals surface area contributed by atoms with Gasteiger partial charge < -0.3 is 30.2 Å². The van der Waals surface area contributed by atoms with Crippen molar-refractivity contribution in [3.05, 3.63) is 28.2 Å². The summed E-state index contributed by atoms with van der Waals surface area (Å²) in [4.78, 5) is 23.3. The van der Waals surface area contributed by atoms with Crippen LogP contribution in [0.25, 0.3) is 0 Å². The first-order chi connectivity index (χ1) is 11.6. The van der Waals surface area contributed by atoms with Gasteiger partial charge in [0.15, 0.2) is 0 Å². The van der Waals surface area contributed by atoms with Gasteiger partial charge in [-0.2, -0.15) is 0 Å². The number of benzene rings is 1. The van der Waals surface area contributed by atoms with Crippen molar-refractivity contribution >= 4 is 45.1 Å². The van der Waals surface area contributed by atoms with Gasteiger partial charge >= 0.3 is 11.9 Å². The summed E-state index contributed by atoms with van der Waals surface area (Å²) in [5.74, 6) is -2.76. The molecule has 1 heterocycles. The Labute approximate surface area is 165 Å². The molecule has 0 aliphatic carbocycles. The molecule has 1 aromatic rings. The Kier molecular flexibility index (Phi) is 10.3. The molecule has 1 aromatic carbocycles. The van der Waals surface area contributed by atoms with E-state index in [9.17, 15) is 0 Å². The molecular formula is C16H23BrN2O6S. The van der Waals surface area contributed by atoms with E-state index in [1.807, 2.05) is 25.2 Å². The number of carbonyl (C=O) groups is 2. The van der Waals surface area contributed by atoms with Crippen LogP contribution >= 0.6 is 28.1 Å². The number of aliphatic carboxylic acids is 2. The number of carboxylic acids is 2. The molecule has 1 aliphatic heterocycles. The lowest BCUT2D eigenvalue weighted by atomic mass is 10.2. The molecular weight excluding hydrogens is 428 g/mol. The van der Waals surface area contributed by atoms with E-state index >= 15 is 0 Å². The summed E-state index contributed by atoms with van der Waals surface area (Å²) in [6.45, 7) is 1.84. The number of likely N-dealkylation sites (N-methyl/N-ethyl adjacent to an activating group) is 1. The smallest absolute Gasteiger partial charge is 0.414 e. The second-order valence-corrected chi connectivity index (χ2v) is 7.07. The normalized spacial score (nSPS) is 15.7. The number of fused-ring (bicyclic) bond motifs is 1. The number of hydrogen-bond acceptors (Lipinski definition) is 5. The number of thiocarbonyl (C=S) groups is 1. The maximum absolute atomic E-state index is 9.10. The van der Waals surface area contributed by atoms with Crippen LogP contribution in [0.15, 0.2) is 22.7 Å². The fraction of sp³-hybridized carbons (Fsp3) is 0.438. The lowest BCUT2D eigenvalue weighted by Gasteiger charge is -2.22. The summed E-state index contributed by atoms with van der Waals surface area (Å²) in [6, 6.07) is 6.02. The third-order valence-electron chi connectivity index (χ3n) is 3.37. The summed E-state index contributed by atoms with van der Waals surface area (Å²) in [7, 11) is 6.19. The van der Waals surface area contributed by atoms with Gasteiger partial charge in [0.25, 0.3) is 0 Å². The molecule has 146 valence electrons. The molecule has 1 atom stereocenters. The lowest BCUT2D eigenvalue weighted by Crippen LogP contribution is -2.35. The summed E-state index contributed by atoms with van der Waals surface area (Å²) in [5.41, 5.74) is 0.999. The topological polar surface area (TPSA) is 122 Å². The van der Waals surface area contributed by atoms with E-state index in [0.29, 0.717) is 0 Å². The number of hydrogen-bond donors (Lipinski definition) is 2. The van der Waals surface area contributed by atoms with Crippen LogP contribution in [-0.2, 0) is 9.59 Å². The predicted molar refractivity (Wildman–Crippen MR) is 105 cm³/mol. The van der Waals surface area contributed by atoms with Gasteiger partial charge in [-0.05, 0) is 38.7 Å². The Morgan fingerprint density at radius 3 is 2.42 bits per heavy atom. The summed E-state index contributed by atoms with van der Waals surface area (Å²) >= 11 is 9.02. The standard InChI is InChI=1S/C14H19BrN2OS.C2H2O4.H2O/c1-16(2)7-6-11-9-17(3)14(19)12-8-10(15)4-5-13(12)18-11;3-1(4)2(5)6;/h4-5,8,11H,6-7,9H2,1-3H3;(H,3,4)(H,5,6);1H2. The first-order valence-electron chi connectivity index (χ1n) is 7.44. The highest BCUT2D eigenvalue weighted by Gasteiger charge is 2.24. The van der Waals surface area contributed by atoms with E-state index in [4.69, 9.17) is 36.8 Å². The van der Waals surface area contributed by atoms with Crippen molar-refractivity contribution in [1.29, 1.82) is 0 Å². The molecule has 0 spiro atoms. The minimum atomic E-state index is -1.82. The van der Waals surface area contributed by atoms with Gasteiger partial charge in [-0.3, -0.25) is 0 Å². The predicted octanol–water partition coefficient (Wildman–Crippen LogP) is 1.10. The fourth-order valence-electron chi connectivity index (χ4n) is 2.14. The molecule has 0 saturated heterocycles. The largest absolute Gasteiger partial charge is 0.488 e. The molecule has 0 radical (unpaired) electrons. The van der Waals surface area contributed by atoms with Crippen molar-refractivity contribution in [3.63, 3.8) is 0 Å². The molecule has 1 aliphatic rings. The van der Waals surface area contributed by atoms with Crippen LogP contribution in [0.2, 0.25) is 0 Å². The highest BCUT2D eigenvalue weighted by atomic mass is 79.9. The summed E-state index contributed by atoms with van der Waals surface area (Å²) in [6.07, 6.45) is 1.17. The maximum Gasteiger partial charge on any atom is 0.414 e. The number of carboxylic acid groups (broad SMARTS) is 2. The molecule has 2 rings (SSSR count). The Hall–Kier alpha value is -1.75. The second-order valence-electron chi connectivity index (χ2n) is 5.77. The van der Waals surface area contributed by atoms with E-state index in [1.54, 1.807) is 0 Å². The van der Waals surface area contributed by atoms with Crippen LogP contribution < -0.4 is 4.74 Å². The Morgan fingerprint density at radius 1 is 1.35 bits per heavy atom. The zero-order valence-corrected chi connectivity index (χ0v) is 17.1. The first-order valence-corrected chi connectivity index (χ1v) is 8.64. The summed E-state index contributed by atoms with van der Waals surface area (Å²) < 4.78 is 7.15. The summed E-state index contributed by atoms with van der Waals surface area (Å²) in [5, 5.41) is 14.8. The van der Waals surface area contributed by atoms with E-state index in [2.05, 4.69) is 39.8 Å². The molecule has 0 bridgehead atoms. The Bertz CT molecular complexity index is 644. The van der Waals surface area contributed by atoms with Crippen LogP contribution in [-0.4, -0.2) is 82.8 Å². The minimum Gasteiger partial charge on any atom is -0.488 e. The van der Waals surface area contributed by atoms with E-state index in [1.165, 1.54) is 0 Å². The molecule has 0 fully saturated rings. The van der Waals surface area contributed by atoms with E-state index in [0.717, 1.165) is 40.3 Å². The van der Waals surface area contributed by atoms with Gasteiger partial charge in [0.1, 0.15) is 16.8 Å². The van der Waals surface area contributed by atoms with Gasteiger partial charge in [0.05, 0.1) is 12.1 Å². The molecule has 8 nitrogen and oxygen atoms in total. The third kappa shape index (κ3) is 7.65. The zero-order chi connectivity index (χ0) is 19.1. The third-order valence-corrected chi connectivity index (χ3v) is 4.40. The number of nitrogens with zero attached hydrogens (tertiary/aromatic N) is 2. The van der Waals surface area contributed by atoms with Crippen LogP contribution in [0.3, 0.4) is 0 Å². The molecule has 26 heavy (non-hydrogen) atoms. The van der Waals surface area contributed by atoms with Crippen molar-refractivity contribution in [3.8, 4) is 5.75 Å². The quantitative estimate of drug-likeness (QED) is 0.518. The zero-order valence-electron chi connectivity index (χ0n) is 14.7. The number of ether oxygens (including phenoxy) is 1. The van der Waals surface area contributed by atoms with Crippen LogP contribution in [0.1, 0.15) is 12.0 Å². The molecule has 0 amide bonds. The van der Waals surface area contributed by atoms with Crippen LogP contribution in [0.5, 0.6) is 5.75 Å². The maximum atomic E-state index is 9.10. The molecule has 10 heteroatoms. The average Bonchev–Trinajstić information content (AvgIpc) is 2.64. The molecule has 4 N–H and O–H groups in total. The van der Waals surface area contributed by atoms with Gasteiger partial charge in [-0.1, -0.05) is 28.1 Å². The first kappa shape index (κ1) is 24.2. The average molecular weight is 451 g/mol. The van der Waals surface area contributed by atoms with Gasteiger partial charge in [0.2, 0.25) is 0 Å². The van der Waals surface area contributed by atoms with Crippen LogP contribution in [0.4, 0.5) is 0 Å².